The van der Waals surface area contributed by atoms with Gasteiger partial charge in [0.25, 0.3) is 5.91 Å². The number of hydrogen-bond donors (Lipinski definition) is 1. The Labute approximate surface area is 192 Å². The number of rotatable bonds is 7. The van der Waals surface area contributed by atoms with Gasteiger partial charge in [0, 0.05) is 18.7 Å². The van der Waals surface area contributed by atoms with Gasteiger partial charge in [-0.05, 0) is 48.4 Å². The molecule has 0 aliphatic carbocycles. The van der Waals surface area contributed by atoms with Crippen molar-refractivity contribution in [2.24, 2.45) is 0 Å². The number of thioether (sulfide) groups is 1. The lowest BCUT2D eigenvalue weighted by Gasteiger charge is -2.14. The molecule has 1 aliphatic heterocycles. The Balaban J connectivity index is 1.53. The number of nitrogens with one attached hydrogen (secondary N) is 1. The molecule has 10 heteroatoms. The predicted molar refractivity (Wildman–Crippen MR) is 122 cm³/mol. The maximum atomic E-state index is 12.8. The summed E-state index contributed by atoms with van der Waals surface area (Å²) >= 11 is 6.47. The zero-order valence-electron chi connectivity index (χ0n) is 16.9. The number of alkyl halides is 3. The van der Waals surface area contributed by atoms with Crippen molar-refractivity contribution in [1.82, 2.24) is 4.90 Å². The Morgan fingerprint density at radius 1 is 1.22 bits per heavy atom. The van der Waals surface area contributed by atoms with E-state index in [4.69, 9.17) is 17.0 Å². The van der Waals surface area contributed by atoms with Crippen molar-refractivity contribution in [1.29, 1.82) is 0 Å². The van der Waals surface area contributed by atoms with Crippen LogP contribution in [0.5, 0.6) is 5.75 Å². The highest BCUT2D eigenvalue weighted by Gasteiger charge is 2.32. The lowest BCUT2D eigenvalue weighted by atomic mass is 10.2. The van der Waals surface area contributed by atoms with Crippen LogP contribution in [0.3, 0.4) is 0 Å². The fourth-order valence-corrected chi connectivity index (χ4v) is 4.25. The van der Waals surface area contributed by atoms with Crippen LogP contribution in [0.2, 0.25) is 0 Å². The van der Waals surface area contributed by atoms with Gasteiger partial charge in [0.2, 0.25) is 5.91 Å². The lowest BCUT2D eigenvalue weighted by Crippen LogP contribution is -2.29. The SMILES string of the molecule is COc1ccc(/C=C2\SC(=S)N(CCCC(=O)Nc3cccc(C(F)(F)F)c3)C2=O)cc1. The zero-order chi connectivity index (χ0) is 23.3. The van der Waals surface area contributed by atoms with Crippen LogP contribution in [0.25, 0.3) is 6.08 Å². The van der Waals surface area contributed by atoms with E-state index in [1.165, 1.54) is 28.8 Å². The summed E-state index contributed by atoms with van der Waals surface area (Å²) in [5, 5.41) is 2.45. The monoisotopic (exact) mass is 480 g/mol. The number of ether oxygens (including phenoxy) is 1. The first kappa shape index (κ1) is 23.8. The number of benzene rings is 2. The van der Waals surface area contributed by atoms with Gasteiger partial charge in [-0.25, -0.2) is 0 Å². The minimum absolute atomic E-state index is 0.0326. The summed E-state index contributed by atoms with van der Waals surface area (Å²) in [5.74, 6) is 0.0238. The number of hydrogen-bond acceptors (Lipinski definition) is 5. The number of carbonyl (C=O) groups excluding carboxylic acids is 2. The molecule has 3 rings (SSSR count). The standard InChI is InChI=1S/C22H19F3N2O3S2/c1-30-17-9-7-14(8-10-17)12-18-20(29)27(21(31)32-18)11-3-6-19(28)26-16-5-2-4-15(13-16)22(23,24)25/h2,4-5,7-10,12-13H,3,6,11H2,1H3,(H,26,28)/b18-12-. The first-order valence-electron chi connectivity index (χ1n) is 9.54. The summed E-state index contributed by atoms with van der Waals surface area (Å²) < 4.78 is 43.9. The largest absolute Gasteiger partial charge is 0.497 e. The smallest absolute Gasteiger partial charge is 0.416 e. The Bertz CT molecular complexity index is 1050. The van der Waals surface area contributed by atoms with Crippen LogP contribution in [0.4, 0.5) is 18.9 Å². The summed E-state index contributed by atoms with van der Waals surface area (Å²) in [7, 11) is 1.57. The minimum atomic E-state index is -4.48. The van der Waals surface area contributed by atoms with Crippen LogP contribution in [0.1, 0.15) is 24.0 Å². The van der Waals surface area contributed by atoms with Crippen molar-refractivity contribution >= 4 is 51.9 Å². The molecule has 1 fully saturated rings. The third-order valence-corrected chi connectivity index (χ3v) is 5.92. The molecule has 1 heterocycles. The quantitative estimate of drug-likeness (QED) is 0.429. The summed E-state index contributed by atoms with van der Waals surface area (Å²) in [6.07, 6.45) is -2.40. The molecule has 0 unspecified atom stereocenters. The van der Waals surface area contributed by atoms with Crippen molar-refractivity contribution in [2.75, 3.05) is 19.0 Å². The second kappa shape index (κ2) is 10.2. The van der Waals surface area contributed by atoms with Crippen LogP contribution in [0, 0.1) is 0 Å². The van der Waals surface area contributed by atoms with Crippen molar-refractivity contribution in [3.05, 3.63) is 64.6 Å². The molecule has 0 radical (unpaired) electrons. The van der Waals surface area contributed by atoms with Gasteiger partial charge in [0.15, 0.2) is 0 Å². The van der Waals surface area contributed by atoms with Crippen molar-refractivity contribution in [3.63, 3.8) is 0 Å². The van der Waals surface area contributed by atoms with Gasteiger partial charge in [-0.15, -0.1) is 0 Å². The fraction of sp³-hybridized carbons (Fsp3) is 0.227. The van der Waals surface area contributed by atoms with Gasteiger partial charge >= 0.3 is 6.18 Å². The Hall–Kier alpha value is -2.85. The highest BCUT2D eigenvalue weighted by Crippen LogP contribution is 2.33. The van der Waals surface area contributed by atoms with E-state index in [0.29, 0.717) is 21.4 Å². The second-order valence-electron chi connectivity index (χ2n) is 6.84. The molecule has 2 aromatic carbocycles. The van der Waals surface area contributed by atoms with E-state index < -0.39 is 17.6 Å². The van der Waals surface area contributed by atoms with Gasteiger partial charge in [-0.2, -0.15) is 13.2 Å². The summed E-state index contributed by atoms with van der Waals surface area (Å²) in [5.41, 5.74) is 0.0566. The minimum Gasteiger partial charge on any atom is -0.497 e. The Morgan fingerprint density at radius 2 is 1.94 bits per heavy atom. The van der Waals surface area contributed by atoms with Gasteiger partial charge in [-0.1, -0.05) is 42.2 Å². The van der Waals surface area contributed by atoms with E-state index in [1.807, 2.05) is 12.1 Å². The van der Waals surface area contributed by atoms with E-state index in [1.54, 1.807) is 25.3 Å². The first-order chi connectivity index (χ1) is 15.2. The normalized spacial score (nSPS) is 15.4. The molecule has 5 nitrogen and oxygen atoms in total. The van der Waals surface area contributed by atoms with Crippen molar-refractivity contribution in [2.45, 2.75) is 19.0 Å². The molecule has 0 aromatic heterocycles. The molecule has 168 valence electrons. The van der Waals surface area contributed by atoms with E-state index in [2.05, 4.69) is 5.32 Å². The molecule has 0 bridgehead atoms. The highest BCUT2D eigenvalue weighted by atomic mass is 32.2. The van der Waals surface area contributed by atoms with Crippen LogP contribution in [-0.4, -0.2) is 34.7 Å². The Kier molecular flexibility index (Phi) is 7.57. The molecule has 1 saturated heterocycles. The third kappa shape index (κ3) is 6.10. The zero-order valence-corrected chi connectivity index (χ0v) is 18.6. The van der Waals surface area contributed by atoms with E-state index in [-0.39, 0.29) is 24.6 Å². The maximum absolute atomic E-state index is 12.8. The predicted octanol–water partition coefficient (Wildman–Crippen LogP) is 5.33. The molecule has 32 heavy (non-hydrogen) atoms. The molecule has 0 saturated carbocycles. The number of amides is 2. The fourth-order valence-electron chi connectivity index (χ4n) is 2.94. The maximum Gasteiger partial charge on any atom is 0.416 e. The number of thiocarbonyl (C=S) groups is 1. The van der Waals surface area contributed by atoms with E-state index >= 15 is 0 Å². The number of nitrogens with zero attached hydrogens (tertiary/aromatic N) is 1. The van der Waals surface area contributed by atoms with Crippen LogP contribution >= 0.6 is 24.0 Å². The number of halogens is 3. The molecular formula is C22H19F3N2O3S2. The molecule has 1 aliphatic rings. The summed E-state index contributed by atoms with van der Waals surface area (Å²) in [6, 6.07) is 11.7. The highest BCUT2D eigenvalue weighted by molar-refractivity contribution is 8.26. The number of carbonyl (C=O) groups is 2. The molecule has 2 aromatic rings. The average Bonchev–Trinajstić information content (AvgIpc) is 3.01. The van der Waals surface area contributed by atoms with Crippen LogP contribution in [0.15, 0.2) is 53.4 Å². The van der Waals surface area contributed by atoms with Gasteiger partial charge in [0.1, 0.15) is 10.1 Å². The summed E-state index contributed by atoms with van der Waals surface area (Å²) in [4.78, 5) is 26.7. The third-order valence-electron chi connectivity index (χ3n) is 4.55. The van der Waals surface area contributed by atoms with E-state index in [9.17, 15) is 22.8 Å². The lowest BCUT2D eigenvalue weighted by molar-refractivity contribution is -0.137. The topological polar surface area (TPSA) is 58.6 Å². The van der Waals surface area contributed by atoms with E-state index in [0.717, 1.165) is 17.7 Å². The first-order valence-corrected chi connectivity index (χ1v) is 10.8. The second-order valence-corrected chi connectivity index (χ2v) is 8.51. The van der Waals surface area contributed by atoms with Gasteiger partial charge < -0.3 is 10.1 Å². The van der Waals surface area contributed by atoms with Gasteiger partial charge in [-0.3, -0.25) is 14.5 Å². The van der Waals surface area contributed by atoms with Crippen LogP contribution < -0.4 is 10.1 Å². The number of anilines is 1. The van der Waals surface area contributed by atoms with Crippen molar-refractivity contribution in [3.8, 4) is 5.75 Å². The summed E-state index contributed by atoms with van der Waals surface area (Å²) in [6.45, 7) is 0.237. The molecule has 1 N–H and O–H groups in total. The van der Waals surface area contributed by atoms with Crippen LogP contribution in [-0.2, 0) is 15.8 Å². The van der Waals surface area contributed by atoms with Crippen molar-refractivity contribution < 1.29 is 27.5 Å². The molecule has 2 amide bonds. The Morgan fingerprint density at radius 3 is 2.59 bits per heavy atom. The molecular weight excluding hydrogens is 461 g/mol. The number of methoxy groups -OCH3 is 1. The average molecular weight is 481 g/mol. The van der Waals surface area contributed by atoms with Gasteiger partial charge in [0.05, 0.1) is 17.6 Å². The molecule has 0 spiro atoms. The molecule has 0 atom stereocenters.